The second kappa shape index (κ2) is 5.91. The van der Waals surface area contributed by atoms with Crippen LogP contribution < -0.4 is 5.73 Å². The number of carbonyl (C=O) groups excluding carboxylic acids is 1. The van der Waals surface area contributed by atoms with Crippen molar-refractivity contribution in [2.45, 2.75) is 39.3 Å². The van der Waals surface area contributed by atoms with Crippen LogP contribution in [0, 0.1) is 0 Å². The Balaban J connectivity index is 2.55. The fourth-order valence-corrected chi connectivity index (χ4v) is 1.53. The van der Waals surface area contributed by atoms with Gasteiger partial charge in [-0.15, -0.1) is 0 Å². The zero-order chi connectivity index (χ0) is 13.8. The number of nitrogen functional groups attached to an aromatic ring is 1. The molecule has 102 valence electrons. The van der Waals surface area contributed by atoms with Crippen LogP contribution >= 0.6 is 0 Å². The van der Waals surface area contributed by atoms with Gasteiger partial charge < -0.3 is 19.8 Å². The van der Waals surface area contributed by atoms with E-state index in [1.165, 1.54) is 0 Å². The van der Waals surface area contributed by atoms with Gasteiger partial charge in [0.25, 0.3) is 0 Å². The van der Waals surface area contributed by atoms with Crippen molar-refractivity contribution in [2.75, 3.05) is 19.5 Å². The van der Waals surface area contributed by atoms with Crippen molar-refractivity contribution in [3.63, 3.8) is 0 Å². The van der Waals surface area contributed by atoms with Crippen molar-refractivity contribution in [1.29, 1.82) is 0 Å². The monoisotopic (exact) mass is 254 g/mol. The van der Waals surface area contributed by atoms with Crippen LogP contribution in [0.2, 0.25) is 0 Å². The van der Waals surface area contributed by atoms with Crippen molar-refractivity contribution < 1.29 is 14.3 Å². The minimum Gasteiger partial charge on any atom is -0.461 e. The summed E-state index contributed by atoms with van der Waals surface area (Å²) >= 11 is 0. The van der Waals surface area contributed by atoms with Crippen molar-refractivity contribution in [3.05, 3.63) is 18.0 Å². The number of aryl methyl sites for hydroxylation is 1. The van der Waals surface area contributed by atoms with E-state index in [1.807, 2.05) is 20.8 Å². The molecule has 0 aliphatic rings. The highest BCUT2D eigenvalue weighted by molar-refractivity contribution is 5.89. The summed E-state index contributed by atoms with van der Waals surface area (Å²) in [6, 6.07) is 1.63. The number of anilines is 1. The Kier molecular flexibility index (Phi) is 4.78. The first-order valence-electron chi connectivity index (χ1n) is 6.07. The Morgan fingerprint density at radius 3 is 2.72 bits per heavy atom. The summed E-state index contributed by atoms with van der Waals surface area (Å²) < 4.78 is 12.3. The minimum absolute atomic E-state index is 0.286. The molecule has 1 heterocycles. The summed E-state index contributed by atoms with van der Waals surface area (Å²) in [5.74, 6) is -0.347. The van der Waals surface area contributed by atoms with E-state index >= 15 is 0 Å². The van der Waals surface area contributed by atoms with Gasteiger partial charge in [-0.2, -0.15) is 0 Å². The molecule has 0 atom stereocenters. The summed E-state index contributed by atoms with van der Waals surface area (Å²) in [5.41, 5.74) is 6.44. The molecule has 1 aromatic rings. The summed E-state index contributed by atoms with van der Waals surface area (Å²) in [5, 5.41) is 0. The molecule has 1 rings (SSSR count). The smallest absolute Gasteiger partial charge is 0.355 e. The van der Waals surface area contributed by atoms with E-state index in [0.717, 1.165) is 0 Å². The number of ether oxygens (including phenoxy) is 2. The zero-order valence-electron chi connectivity index (χ0n) is 11.5. The molecule has 0 aliphatic heterocycles. The molecular weight excluding hydrogens is 232 g/mol. The second-order valence-electron chi connectivity index (χ2n) is 4.79. The largest absolute Gasteiger partial charge is 0.461 e. The van der Waals surface area contributed by atoms with Gasteiger partial charge in [-0.25, -0.2) is 4.79 Å². The van der Waals surface area contributed by atoms with Crippen LogP contribution in [0.3, 0.4) is 0 Å². The van der Waals surface area contributed by atoms with Crippen LogP contribution in [0.5, 0.6) is 0 Å². The molecule has 0 saturated carbocycles. The molecule has 5 heteroatoms. The van der Waals surface area contributed by atoms with Gasteiger partial charge in [0.2, 0.25) is 0 Å². The Hall–Kier alpha value is -1.49. The lowest BCUT2D eigenvalue weighted by atomic mass is 10.1. The van der Waals surface area contributed by atoms with Gasteiger partial charge >= 0.3 is 5.97 Å². The lowest BCUT2D eigenvalue weighted by Crippen LogP contribution is -2.25. The lowest BCUT2D eigenvalue weighted by Gasteiger charge is -2.22. The quantitative estimate of drug-likeness (QED) is 0.789. The number of esters is 1. The highest BCUT2D eigenvalue weighted by Gasteiger charge is 2.18. The van der Waals surface area contributed by atoms with Crippen LogP contribution in [0.1, 0.15) is 37.7 Å². The van der Waals surface area contributed by atoms with Crippen molar-refractivity contribution in [1.82, 2.24) is 4.57 Å². The lowest BCUT2D eigenvalue weighted by molar-refractivity contribution is -0.00593. The van der Waals surface area contributed by atoms with Crippen molar-refractivity contribution >= 4 is 11.7 Å². The average Bonchev–Trinajstić information content (AvgIpc) is 2.70. The van der Waals surface area contributed by atoms with Gasteiger partial charge in [-0.3, -0.25) is 0 Å². The SMILES string of the molecule is CCn1cc(N)cc1C(=O)OCCC(C)(C)OC. The molecule has 5 nitrogen and oxygen atoms in total. The highest BCUT2D eigenvalue weighted by Crippen LogP contribution is 2.15. The molecule has 0 radical (unpaired) electrons. The van der Waals surface area contributed by atoms with Crippen molar-refractivity contribution in [2.24, 2.45) is 0 Å². The fourth-order valence-electron chi connectivity index (χ4n) is 1.53. The van der Waals surface area contributed by atoms with Gasteiger partial charge in [0.1, 0.15) is 5.69 Å². The van der Waals surface area contributed by atoms with E-state index < -0.39 is 0 Å². The number of nitrogens with zero attached hydrogens (tertiary/aromatic N) is 1. The van der Waals surface area contributed by atoms with Gasteiger partial charge in [-0.05, 0) is 26.8 Å². The molecule has 0 fully saturated rings. The average molecular weight is 254 g/mol. The first kappa shape index (κ1) is 14.6. The third kappa shape index (κ3) is 3.77. The van der Waals surface area contributed by atoms with E-state index in [0.29, 0.717) is 31.0 Å². The molecule has 0 aromatic carbocycles. The molecular formula is C13H22N2O3. The number of aromatic nitrogens is 1. The van der Waals surface area contributed by atoms with E-state index in [-0.39, 0.29) is 11.6 Å². The summed E-state index contributed by atoms with van der Waals surface area (Å²) in [7, 11) is 1.64. The van der Waals surface area contributed by atoms with E-state index in [9.17, 15) is 4.79 Å². The predicted octanol–water partition coefficient (Wildman–Crippen LogP) is 2.06. The van der Waals surface area contributed by atoms with Gasteiger partial charge in [0.05, 0.1) is 17.9 Å². The first-order valence-corrected chi connectivity index (χ1v) is 6.07. The predicted molar refractivity (Wildman–Crippen MR) is 70.5 cm³/mol. The second-order valence-corrected chi connectivity index (χ2v) is 4.79. The normalized spacial score (nSPS) is 11.6. The number of nitrogens with two attached hydrogens (primary N) is 1. The van der Waals surface area contributed by atoms with Gasteiger partial charge in [0, 0.05) is 26.3 Å². The summed E-state index contributed by atoms with van der Waals surface area (Å²) in [6.45, 7) is 6.87. The molecule has 0 bridgehead atoms. The maximum Gasteiger partial charge on any atom is 0.355 e. The topological polar surface area (TPSA) is 66.5 Å². The Morgan fingerprint density at radius 1 is 1.50 bits per heavy atom. The minimum atomic E-state index is -0.347. The molecule has 1 aromatic heterocycles. The Bertz CT molecular complexity index is 410. The summed E-state index contributed by atoms with van der Waals surface area (Å²) in [6.07, 6.45) is 2.38. The van der Waals surface area contributed by atoms with Crippen molar-refractivity contribution in [3.8, 4) is 0 Å². The van der Waals surface area contributed by atoms with Crippen LogP contribution in [0.25, 0.3) is 0 Å². The van der Waals surface area contributed by atoms with E-state index in [4.69, 9.17) is 15.2 Å². The number of carbonyl (C=O) groups is 1. The molecule has 0 amide bonds. The Labute approximate surface area is 108 Å². The maximum absolute atomic E-state index is 11.9. The van der Waals surface area contributed by atoms with E-state index in [1.54, 1.807) is 23.9 Å². The summed E-state index contributed by atoms with van der Waals surface area (Å²) in [4.78, 5) is 11.9. The Morgan fingerprint density at radius 2 is 2.17 bits per heavy atom. The zero-order valence-corrected chi connectivity index (χ0v) is 11.5. The fraction of sp³-hybridized carbons (Fsp3) is 0.615. The molecule has 2 N–H and O–H groups in total. The first-order chi connectivity index (χ1) is 8.39. The third-order valence-corrected chi connectivity index (χ3v) is 2.96. The number of methoxy groups -OCH3 is 1. The van der Waals surface area contributed by atoms with E-state index in [2.05, 4.69) is 0 Å². The molecule has 18 heavy (non-hydrogen) atoms. The number of rotatable bonds is 6. The molecule has 0 aliphatic carbocycles. The van der Waals surface area contributed by atoms with Gasteiger partial charge in [-0.1, -0.05) is 0 Å². The number of hydrogen-bond donors (Lipinski definition) is 1. The van der Waals surface area contributed by atoms with Gasteiger partial charge in [0.15, 0.2) is 0 Å². The highest BCUT2D eigenvalue weighted by atomic mass is 16.5. The third-order valence-electron chi connectivity index (χ3n) is 2.96. The van der Waals surface area contributed by atoms with Crippen LogP contribution in [-0.2, 0) is 16.0 Å². The molecule has 0 spiro atoms. The van der Waals surface area contributed by atoms with Crippen LogP contribution in [0.4, 0.5) is 5.69 Å². The standard InChI is InChI=1S/C13H22N2O3/c1-5-15-9-10(14)8-11(15)12(16)18-7-6-13(2,3)17-4/h8-9H,5-7,14H2,1-4H3. The maximum atomic E-state index is 11.9. The van der Waals surface area contributed by atoms with Crippen LogP contribution in [-0.4, -0.2) is 29.9 Å². The molecule has 0 saturated heterocycles. The van der Waals surface area contributed by atoms with Crippen LogP contribution in [0.15, 0.2) is 12.3 Å². The molecule has 0 unspecified atom stereocenters. The number of hydrogen-bond acceptors (Lipinski definition) is 4.